The van der Waals surface area contributed by atoms with Gasteiger partial charge in [-0.1, -0.05) is 12.5 Å². The summed E-state index contributed by atoms with van der Waals surface area (Å²) in [5, 5.41) is 9.60. The topological polar surface area (TPSA) is 33.1 Å². The first-order valence-electron chi connectivity index (χ1n) is 5.26. The maximum atomic E-state index is 13.4. The summed E-state index contributed by atoms with van der Waals surface area (Å²) in [5.41, 5.74) is 1.48. The van der Waals surface area contributed by atoms with E-state index in [0.29, 0.717) is 5.56 Å². The van der Waals surface area contributed by atoms with Crippen molar-refractivity contribution in [3.8, 4) is 0 Å². The van der Waals surface area contributed by atoms with E-state index in [9.17, 15) is 9.50 Å². The molecule has 3 heteroatoms. The molecule has 1 aliphatic rings. The first-order chi connectivity index (χ1) is 7.27. The third-order valence-corrected chi connectivity index (χ3v) is 2.71. The Hall–Kier alpha value is -1.22. The molecule has 80 valence electrons. The summed E-state index contributed by atoms with van der Waals surface area (Å²) < 4.78 is 13.4. The molecule has 1 aromatic heterocycles. The predicted octanol–water partition coefficient (Wildman–Crippen LogP) is 2.54. The molecule has 1 aliphatic carbocycles. The van der Waals surface area contributed by atoms with Gasteiger partial charge in [-0.05, 0) is 30.9 Å². The van der Waals surface area contributed by atoms with E-state index in [2.05, 4.69) is 4.98 Å². The molecule has 2 rings (SSSR count). The molecule has 2 nitrogen and oxygen atoms in total. The summed E-state index contributed by atoms with van der Waals surface area (Å²) >= 11 is 0. The van der Waals surface area contributed by atoms with E-state index in [0.717, 1.165) is 31.3 Å². The molecule has 0 aliphatic heterocycles. The standard InChI is InChI=1S/C12H14FNO/c13-12-8-14-6-5-11(12)9-3-1-2-4-10(15)7-9/h5-8,10,15H,1-4H2. The van der Waals surface area contributed by atoms with Crippen LogP contribution in [-0.4, -0.2) is 16.2 Å². The van der Waals surface area contributed by atoms with Gasteiger partial charge < -0.3 is 5.11 Å². The lowest BCUT2D eigenvalue weighted by atomic mass is 10.0. The molecule has 1 atom stereocenters. The number of hydrogen-bond acceptors (Lipinski definition) is 2. The molecule has 0 amide bonds. The second-order valence-corrected chi connectivity index (χ2v) is 3.86. The fourth-order valence-electron chi connectivity index (χ4n) is 1.93. The summed E-state index contributed by atoms with van der Waals surface area (Å²) in [6, 6.07) is 1.67. The Kier molecular flexibility index (Phi) is 3.11. The monoisotopic (exact) mass is 207 g/mol. The molecule has 0 saturated carbocycles. The summed E-state index contributed by atoms with van der Waals surface area (Å²) in [6.45, 7) is 0. The van der Waals surface area contributed by atoms with E-state index in [-0.39, 0.29) is 5.82 Å². The largest absolute Gasteiger partial charge is 0.389 e. The number of hydrogen-bond donors (Lipinski definition) is 1. The maximum absolute atomic E-state index is 13.4. The SMILES string of the molecule is OC1C=C(c2ccncc2F)CCCC1. The van der Waals surface area contributed by atoms with Gasteiger partial charge in [-0.25, -0.2) is 4.39 Å². The van der Waals surface area contributed by atoms with Crippen LogP contribution in [0.5, 0.6) is 0 Å². The van der Waals surface area contributed by atoms with Crippen molar-refractivity contribution in [3.05, 3.63) is 35.9 Å². The highest BCUT2D eigenvalue weighted by molar-refractivity contribution is 5.66. The minimum absolute atomic E-state index is 0.308. The van der Waals surface area contributed by atoms with Crippen LogP contribution in [0.15, 0.2) is 24.5 Å². The van der Waals surface area contributed by atoms with Crippen LogP contribution in [0.2, 0.25) is 0 Å². The van der Waals surface area contributed by atoms with Crippen molar-refractivity contribution < 1.29 is 9.50 Å². The van der Waals surface area contributed by atoms with Crippen molar-refractivity contribution in [1.29, 1.82) is 0 Å². The van der Waals surface area contributed by atoms with Crippen LogP contribution in [0.3, 0.4) is 0 Å². The molecule has 0 fully saturated rings. The van der Waals surface area contributed by atoms with Crippen LogP contribution in [-0.2, 0) is 0 Å². The van der Waals surface area contributed by atoms with Crippen molar-refractivity contribution in [2.45, 2.75) is 31.8 Å². The second-order valence-electron chi connectivity index (χ2n) is 3.86. The number of pyridine rings is 1. The van der Waals surface area contributed by atoms with Gasteiger partial charge in [0.2, 0.25) is 0 Å². The Labute approximate surface area is 88.5 Å². The van der Waals surface area contributed by atoms with Crippen molar-refractivity contribution in [1.82, 2.24) is 4.98 Å². The van der Waals surface area contributed by atoms with Crippen molar-refractivity contribution >= 4 is 5.57 Å². The summed E-state index contributed by atoms with van der Waals surface area (Å²) in [5.74, 6) is -0.308. The zero-order chi connectivity index (χ0) is 10.7. The zero-order valence-electron chi connectivity index (χ0n) is 8.49. The minimum atomic E-state index is -0.435. The van der Waals surface area contributed by atoms with Crippen LogP contribution < -0.4 is 0 Å². The highest BCUT2D eigenvalue weighted by Crippen LogP contribution is 2.27. The van der Waals surface area contributed by atoms with Crippen LogP contribution in [0, 0.1) is 5.82 Å². The molecule has 0 saturated heterocycles. The van der Waals surface area contributed by atoms with Crippen molar-refractivity contribution in [2.75, 3.05) is 0 Å². The van der Waals surface area contributed by atoms with E-state index >= 15 is 0 Å². The fourth-order valence-corrected chi connectivity index (χ4v) is 1.93. The lowest BCUT2D eigenvalue weighted by molar-refractivity contribution is 0.211. The number of aromatic nitrogens is 1. The van der Waals surface area contributed by atoms with Gasteiger partial charge in [0.25, 0.3) is 0 Å². The Morgan fingerprint density at radius 1 is 1.40 bits per heavy atom. The van der Waals surface area contributed by atoms with Gasteiger partial charge in [-0.15, -0.1) is 0 Å². The number of halogens is 1. The number of allylic oxidation sites excluding steroid dienone is 1. The summed E-state index contributed by atoms with van der Waals surface area (Å²) in [7, 11) is 0. The predicted molar refractivity (Wildman–Crippen MR) is 56.6 cm³/mol. The number of rotatable bonds is 1. The molecule has 1 heterocycles. The molecule has 0 bridgehead atoms. The number of nitrogens with zero attached hydrogens (tertiary/aromatic N) is 1. The maximum Gasteiger partial charge on any atom is 0.148 e. The molecule has 0 radical (unpaired) electrons. The van der Waals surface area contributed by atoms with Gasteiger partial charge in [0.1, 0.15) is 5.82 Å². The summed E-state index contributed by atoms with van der Waals surface area (Å²) in [4.78, 5) is 3.72. The van der Waals surface area contributed by atoms with Crippen LogP contribution in [0.25, 0.3) is 5.57 Å². The van der Waals surface area contributed by atoms with Gasteiger partial charge in [-0.2, -0.15) is 0 Å². The van der Waals surface area contributed by atoms with E-state index < -0.39 is 6.10 Å². The van der Waals surface area contributed by atoms with Crippen LogP contribution in [0.4, 0.5) is 4.39 Å². The van der Waals surface area contributed by atoms with Gasteiger partial charge in [0.05, 0.1) is 12.3 Å². The first kappa shape index (κ1) is 10.3. The third kappa shape index (κ3) is 2.42. The normalized spacial score (nSPS) is 22.0. The second kappa shape index (κ2) is 4.53. The summed E-state index contributed by atoms with van der Waals surface area (Å²) in [6.07, 6.45) is 7.73. The van der Waals surface area contributed by atoms with Crippen molar-refractivity contribution in [3.63, 3.8) is 0 Å². The quantitative estimate of drug-likeness (QED) is 0.767. The lowest BCUT2D eigenvalue weighted by Gasteiger charge is -2.07. The molecular weight excluding hydrogens is 193 g/mol. The molecule has 1 aromatic rings. The number of aliphatic hydroxyl groups excluding tert-OH is 1. The highest BCUT2D eigenvalue weighted by atomic mass is 19.1. The Morgan fingerprint density at radius 2 is 2.27 bits per heavy atom. The molecule has 1 N–H and O–H groups in total. The minimum Gasteiger partial charge on any atom is -0.389 e. The van der Waals surface area contributed by atoms with Gasteiger partial charge in [0, 0.05) is 11.8 Å². The smallest absolute Gasteiger partial charge is 0.148 e. The van der Waals surface area contributed by atoms with Gasteiger partial charge in [0.15, 0.2) is 0 Å². The molecular formula is C12H14FNO. The first-order valence-corrected chi connectivity index (χ1v) is 5.26. The lowest BCUT2D eigenvalue weighted by Crippen LogP contribution is -2.00. The Bertz CT molecular complexity index is 376. The van der Waals surface area contributed by atoms with E-state index in [4.69, 9.17) is 0 Å². The van der Waals surface area contributed by atoms with Crippen LogP contribution in [0.1, 0.15) is 31.2 Å². The van der Waals surface area contributed by atoms with Crippen LogP contribution >= 0.6 is 0 Å². The van der Waals surface area contributed by atoms with E-state index in [1.54, 1.807) is 18.3 Å². The Balaban J connectivity index is 2.33. The fraction of sp³-hybridized carbons (Fsp3) is 0.417. The molecule has 1 unspecified atom stereocenters. The highest BCUT2D eigenvalue weighted by Gasteiger charge is 2.13. The van der Waals surface area contributed by atoms with Gasteiger partial charge >= 0.3 is 0 Å². The van der Waals surface area contributed by atoms with E-state index in [1.807, 2.05) is 0 Å². The average Bonchev–Trinajstić information content (AvgIpc) is 2.43. The molecule has 15 heavy (non-hydrogen) atoms. The Morgan fingerprint density at radius 3 is 3.07 bits per heavy atom. The van der Waals surface area contributed by atoms with Crippen molar-refractivity contribution in [2.24, 2.45) is 0 Å². The van der Waals surface area contributed by atoms with Gasteiger partial charge in [-0.3, -0.25) is 4.98 Å². The number of aliphatic hydroxyl groups is 1. The molecule has 0 aromatic carbocycles. The van der Waals surface area contributed by atoms with E-state index in [1.165, 1.54) is 6.20 Å². The third-order valence-electron chi connectivity index (χ3n) is 2.71. The average molecular weight is 207 g/mol. The molecule has 0 spiro atoms. The zero-order valence-corrected chi connectivity index (χ0v) is 8.49.